The zero-order chi connectivity index (χ0) is 23.9. The van der Waals surface area contributed by atoms with Crippen molar-refractivity contribution in [2.45, 2.75) is 0 Å². The smallest absolute Gasteiger partial charge is 0.282 e. The first kappa shape index (κ1) is 21.6. The molecule has 6 rings (SSSR count). The predicted molar refractivity (Wildman–Crippen MR) is 141 cm³/mol. The van der Waals surface area contributed by atoms with Gasteiger partial charge in [-0.2, -0.15) is 9.78 Å². The fourth-order valence-electron chi connectivity index (χ4n) is 3.82. The summed E-state index contributed by atoms with van der Waals surface area (Å²) in [6, 6.07) is 25.6. The van der Waals surface area contributed by atoms with Gasteiger partial charge in [-0.1, -0.05) is 39.7 Å². The number of hydrogen-bond donors (Lipinski definition) is 0. The number of aromatic nitrogens is 2. The quantitative estimate of drug-likeness (QED) is 0.217. The minimum absolute atomic E-state index is 0.293. The molecule has 170 valence electrons. The van der Waals surface area contributed by atoms with Crippen LogP contribution >= 0.6 is 27.5 Å². The van der Waals surface area contributed by atoms with Gasteiger partial charge in [-0.3, -0.25) is 4.79 Å². The molecule has 0 N–H and O–H groups in total. The van der Waals surface area contributed by atoms with Crippen LogP contribution in [0.5, 0.6) is 0 Å². The molecule has 0 aliphatic carbocycles. The lowest BCUT2D eigenvalue weighted by atomic mass is 10.2. The molecule has 3 aromatic carbocycles. The highest BCUT2D eigenvalue weighted by Crippen LogP contribution is 2.29. The normalized spacial score (nSPS) is 11.7. The molecule has 6 aromatic rings. The standard InChI is InChI=1S/C27H15BrClN3O3/c28-18-7-11-24-17(13-18)14-25(35-24)26-31-22-4-2-1-3-21(22)27(33)32(26)30-15-20-10-12-23(34-20)16-5-8-19(29)9-6-16/h1-15H. The number of furan rings is 2. The third kappa shape index (κ3) is 4.09. The third-order valence-electron chi connectivity index (χ3n) is 5.51. The molecule has 0 saturated heterocycles. The van der Waals surface area contributed by atoms with Crippen molar-refractivity contribution >= 4 is 55.6 Å². The topological polar surface area (TPSA) is 73.5 Å². The molecular weight excluding hydrogens is 530 g/mol. The SMILES string of the molecule is O=c1c2ccccc2nc(-c2cc3cc(Br)ccc3o2)n1N=Cc1ccc(-c2ccc(Cl)cc2)o1. The van der Waals surface area contributed by atoms with Crippen molar-refractivity contribution in [2.75, 3.05) is 0 Å². The van der Waals surface area contributed by atoms with E-state index in [2.05, 4.69) is 21.0 Å². The molecule has 0 unspecified atom stereocenters. The van der Waals surface area contributed by atoms with Gasteiger partial charge in [-0.15, -0.1) is 0 Å². The first-order valence-electron chi connectivity index (χ1n) is 10.7. The first-order chi connectivity index (χ1) is 17.0. The van der Waals surface area contributed by atoms with Gasteiger partial charge in [-0.25, -0.2) is 4.98 Å². The van der Waals surface area contributed by atoms with Gasteiger partial charge in [0.15, 0.2) is 5.76 Å². The van der Waals surface area contributed by atoms with Crippen LogP contribution in [0.2, 0.25) is 5.02 Å². The van der Waals surface area contributed by atoms with Crippen LogP contribution < -0.4 is 5.56 Å². The maximum atomic E-state index is 13.4. The molecule has 0 fully saturated rings. The molecule has 3 aromatic heterocycles. The summed E-state index contributed by atoms with van der Waals surface area (Å²) < 4.78 is 14.1. The van der Waals surface area contributed by atoms with Gasteiger partial charge >= 0.3 is 0 Å². The Hall–Kier alpha value is -3.94. The van der Waals surface area contributed by atoms with E-state index in [9.17, 15) is 4.79 Å². The second-order valence-electron chi connectivity index (χ2n) is 7.82. The van der Waals surface area contributed by atoms with Gasteiger partial charge in [0.2, 0.25) is 5.82 Å². The molecular formula is C27H15BrClN3O3. The lowest BCUT2D eigenvalue weighted by Crippen LogP contribution is -2.20. The molecule has 3 heterocycles. The van der Waals surface area contributed by atoms with Crippen LogP contribution in [-0.4, -0.2) is 15.9 Å². The van der Waals surface area contributed by atoms with Gasteiger partial charge in [0.1, 0.15) is 17.1 Å². The average Bonchev–Trinajstić information content (AvgIpc) is 3.51. The molecule has 0 aliphatic heterocycles. The van der Waals surface area contributed by atoms with Crippen molar-refractivity contribution < 1.29 is 8.83 Å². The Labute approximate surface area is 212 Å². The minimum atomic E-state index is -0.312. The number of hydrogen-bond acceptors (Lipinski definition) is 5. The second kappa shape index (κ2) is 8.69. The van der Waals surface area contributed by atoms with E-state index in [-0.39, 0.29) is 5.56 Å². The molecule has 8 heteroatoms. The van der Waals surface area contributed by atoms with Crippen molar-refractivity contribution in [1.82, 2.24) is 9.66 Å². The van der Waals surface area contributed by atoms with Crippen LogP contribution in [0, 0.1) is 0 Å². The lowest BCUT2D eigenvalue weighted by Gasteiger charge is -2.06. The Morgan fingerprint density at radius 3 is 2.60 bits per heavy atom. The summed E-state index contributed by atoms with van der Waals surface area (Å²) in [5.74, 6) is 1.87. The number of halogens is 2. The van der Waals surface area contributed by atoms with Crippen LogP contribution in [0.1, 0.15) is 5.76 Å². The van der Waals surface area contributed by atoms with Crippen LogP contribution in [0.4, 0.5) is 0 Å². The molecule has 35 heavy (non-hydrogen) atoms. The third-order valence-corrected chi connectivity index (χ3v) is 6.25. The molecule has 0 atom stereocenters. The lowest BCUT2D eigenvalue weighted by molar-refractivity contribution is 0.573. The molecule has 6 nitrogen and oxygen atoms in total. The van der Waals surface area contributed by atoms with Crippen molar-refractivity contribution in [3.8, 4) is 22.9 Å². The number of para-hydroxylation sites is 1. The van der Waals surface area contributed by atoms with E-state index in [1.165, 1.54) is 10.9 Å². The highest BCUT2D eigenvalue weighted by atomic mass is 79.9. The maximum Gasteiger partial charge on any atom is 0.282 e. The predicted octanol–water partition coefficient (Wildman–Crippen LogP) is 7.37. The van der Waals surface area contributed by atoms with Gasteiger partial charge in [-0.05, 0) is 72.8 Å². The molecule has 0 saturated carbocycles. The highest BCUT2D eigenvalue weighted by Gasteiger charge is 2.16. The summed E-state index contributed by atoms with van der Waals surface area (Å²) in [4.78, 5) is 18.1. The van der Waals surface area contributed by atoms with Crippen LogP contribution in [0.3, 0.4) is 0 Å². The number of nitrogens with zero attached hydrogens (tertiary/aromatic N) is 3. The fourth-order valence-corrected chi connectivity index (χ4v) is 4.33. The Morgan fingerprint density at radius 1 is 0.914 bits per heavy atom. The zero-order valence-corrected chi connectivity index (χ0v) is 20.3. The van der Waals surface area contributed by atoms with Crippen molar-refractivity contribution in [3.63, 3.8) is 0 Å². The van der Waals surface area contributed by atoms with E-state index in [1.54, 1.807) is 36.4 Å². The molecule has 0 bridgehead atoms. The molecule has 0 radical (unpaired) electrons. The zero-order valence-electron chi connectivity index (χ0n) is 18.0. The summed E-state index contributed by atoms with van der Waals surface area (Å²) in [7, 11) is 0. The van der Waals surface area contributed by atoms with Gasteiger partial charge in [0, 0.05) is 20.4 Å². The summed E-state index contributed by atoms with van der Waals surface area (Å²) in [5, 5.41) is 6.43. The van der Waals surface area contributed by atoms with E-state index in [1.807, 2.05) is 48.5 Å². The summed E-state index contributed by atoms with van der Waals surface area (Å²) in [5.41, 5.74) is 1.81. The molecule has 0 amide bonds. The summed E-state index contributed by atoms with van der Waals surface area (Å²) in [6.45, 7) is 0. The number of benzene rings is 3. The molecule has 0 spiro atoms. The minimum Gasteiger partial charge on any atom is -0.455 e. The van der Waals surface area contributed by atoms with E-state index in [4.69, 9.17) is 25.4 Å². The van der Waals surface area contributed by atoms with E-state index in [0.717, 1.165) is 15.4 Å². The summed E-state index contributed by atoms with van der Waals surface area (Å²) in [6.07, 6.45) is 1.49. The average molecular weight is 545 g/mol. The maximum absolute atomic E-state index is 13.4. The van der Waals surface area contributed by atoms with Gasteiger partial charge in [0.25, 0.3) is 5.56 Å². The first-order valence-corrected chi connectivity index (χ1v) is 11.8. The second-order valence-corrected chi connectivity index (χ2v) is 9.17. The Bertz CT molecular complexity index is 1800. The van der Waals surface area contributed by atoms with E-state index in [0.29, 0.717) is 44.6 Å². The van der Waals surface area contributed by atoms with Crippen molar-refractivity contribution in [3.05, 3.63) is 111 Å². The summed E-state index contributed by atoms with van der Waals surface area (Å²) >= 11 is 9.45. The van der Waals surface area contributed by atoms with E-state index < -0.39 is 0 Å². The Kier molecular flexibility index (Phi) is 5.36. The Morgan fingerprint density at radius 2 is 1.74 bits per heavy atom. The highest BCUT2D eigenvalue weighted by molar-refractivity contribution is 9.10. The fraction of sp³-hybridized carbons (Fsp3) is 0. The van der Waals surface area contributed by atoms with E-state index >= 15 is 0 Å². The Balaban J connectivity index is 1.46. The van der Waals surface area contributed by atoms with Crippen LogP contribution in [0.15, 0.2) is 108 Å². The van der Waals surface area contributed by atoms with Crippen molar-refractivity contribution in [1.29, 1.82) is 0 Å². The van der Waals surface area contributed by atoms with Crippen LogP contribution in [-0.2, 0) is 0 Å². The molecule has 0 aliphatic rings. The van der Waals surface area contributed by atoms with Crippen molar-refractivity contribution in [2.24, 2.45) is 5.10 Å². The monoisotopic (exact) mass is 543 g/mol. The van der Waals surface area contributed by atoms with Gasteiger partial charge in [0.05, 0.1) is 17.1 Å². The largest absolute Gasteiger partial charge is 0.455 e. The van der Waals surface area contributed by atoms with Gasteiger partial charge < -0.3 is 8.83 Å². The number of fused-ring (bicyclic) bond motifs is 2. The number of rotatable bonds is 4. The van der Waals surface area contributed by atoms with Crippen LogP contribution in [0.25, 0.3) is 44.8 Å².